The van der Waals surface area contributed by atoms with E-state index in [0.29, 0.717) is 23.2 Å². The second-order valence-electron chi connectivity index (χ2n) is 6.08. The summed E-state index contributed by atoms with van der Waals surface area (Å²) in [5.41, 5.74) is 1.29. The van der Waals surface area contributed by atoms with Crippen LogP contribution < -0.4 is 4.74 Å². The summed E-state index contributed by atoms with van der Waals surface area (Å²) in [7, 11) is 1.59. The van der Waals surface area contributed by atoms with E-state index in [4.69, 9.17) is 18.4 Å². The van der Waals surface area contributed by atoms with E-state index in [-0.39, 0.29) is 18.9 Å². The van der Waals surface area contributed by atoms with Crippen LogP contribution in [0.2, 0.25) is 0 Å². The van der Waals surface area contributed by atoms with Gasteiger partial charge in [-0.15, -0.1) is 11.3 Å². The molecule has 0 aliphatic heterocycles. The van der Waals surface area contributed by atoms with Gasteiger partial charge in [0.25, 0.3) is 5.89 Å². The lowest BCUT2D eigenvalue weighted by Gasteiger charge is -2.00. The summed E-state index contributed by atoms with van der Waals surface area (Å²) in [4.78, 5) is 21.7. The first kappa shape index (κ1) is 18.9. The molecule has 3 heterocycles. The van der Waals surface area contributed by atoms with Gasteiger partial charge < -0.3 is 18.4 Å². The highest BCUT2D eigenvalue weighted by molar-refractivity contribution is 7.13. The molecule has 0 amide bonds. The van der Waals surface area contributed by atoms with Gasteiger partial charge >= 0.3 is 5.97 Å². The maximum absolute atomic E-state index is 12.2. The molecule has 29 heavy (non-hydrogen) atoms. The van der Waals surface area contributed by atoms with Crippen molar-refractivity contribution in [2.24, 2.45) is 0 Å². The molecule has 1 aromatic carbocycles. The summed E-state index contributed by atoms with van der Waals surface area (Å²) in [5.74, 6) is 1.99. The number of esters is 1. The Labute approximate surface area is 170 Å². The minimum absolute atomic E-state index is 0.00387. The predicted octanol–water partition coefficient (Wildman–Crippen LogP) is 4.06. The van der Waals surface area contributed by atoms with Crippen LogP contribution in [0.5, 0.6) is 5.75 Å². The number of nitrogens with zero attached hydrogens (tertiary/aromatic N) is 3. The fourth-order valence-electron chi connectivity index (χ4n) is 2.59. The number of oxazole rings is 1. The number of hydrogen-bond acceptors (Lipinski definition) is 9. The van der Waals surface area contributed by atoms with Gasteiger partial charge in [-0.05, 0) is 42.6 Å². The first-order valence-electron chi connectivity index (χ1n) is 8.75. The van der Waals surface area contributed by atoms with E-state index >= 15 is 0 Å². The average Bonchev–Trinajstić information content (AvgIpc) is 3.48. The van der Waals surface area contributed by atoms with Gasteiger partial charge in [-0.1, -0.05) is 11.2 Å². The van der Waals surface area contributed by atoms with E-state index in [0.717, 1.165) is 16.2 Å². The second-order valence-corrected chi connectivity index (χ2v) is 7.03. The van der Waals surface area contributed by atoms with Crippen molar-refractivity contribution in [3.63, 3.8) is 0 Å². The summed E-state index contributed by atoms with van der Waals surface area (Å²) in [6.45, 7) is 1.68. The van der Waals surface area contributed by atoms with Gasteiger partial charge in [0.1, 0.15) is 11.5 Å². The predicted molar refractivity (Wildman–Crippen MR) is 104 cm³/mol. The SMILES string of the molecule is COc1ccc(-c2nc(COC(=O)Cc3nc(-c4cccs4)oc3C)no2)cc1. The highest BCUT2D eigenvalue weighted by atomic mass is 32.1. The van der Waals surface area contributed by atoms with Gasteiger partial charge in [-0.25, -0.2) is 4.98 Å². The van der Waals surface area contributed by atoms with Crippen LogP contribution in [0.3, 0.4) is 0 Å². The molecule has 0 radical (unpaired) electrons. The molecule has 4 rings (SSSR count). The molecule has 0 aliphatic carbocycles. The number of aromatic nitrogens is 3. The molecule has 4 aromatic rings. The third kappa shape index (κ3) is 4.35. The van der Waals surface area contributed by atoms with Crippen molar-refractivity contribution in [3.8, 4) is 28.0 Å². The molecular weight excluding hydrogens is 394 g/mol. The number of thiophene rings is 1. The standard InChI is InChI=1S/C20H17N3O5S/c1-12-15(21-20(27-12)16-4-3-9-29-16)10-18(24)26-11-17-22-19(28-23-17)13-5-7-14(25-2)8-6-13/h3-9H,10-11H2,1-2H3. The van der Waals surface area contributed by atoms with E-state index < -0.39 is 5.97 Å². The summed E-state index contributed by atoms with van der Waals surface area (Å²) >= 11 is 1.52. The molecule has 9 heteroatoms. The Morgan fingerprint density at radius 2 is 1.97 bits per heavy atom. The van der Waals surface area contributed by atoms with Gasteiger partial charge in [0, 0.05) is 5.56 Å². The van der Waals surface area contributed by atoms with Gasteiger partial charge in [0.05, 0.1) is 24.1 Å². The largest absolute Gasteiger partial charge is 0.497 e. The smallest absolute Gasteiger partial charge is 0.312 e. The van der Waals surface area contributed by atoms with Crippen molar-refractivity contribution in [2.75, 3.05) is 7.11 Å². The number of methoxy groups -OCH3 is 1. The molecule has 0 aliphatic rings. The van der Waals surface area contributed by atoms with Gasteiger partial charge in [-0.3, -0.25) is 4.79 Å². The minimum Gasteiger partial charge on any atom is -0.497 e. The number of carbonyl (C=O) groups is 1. The number of carbonyl (C=O) groups excluding carboxylic acids is 1. The summed E-state index contributed by atoms with van der Waals surface area (Å²) in [6.07, 6.45) is 0.00387. The molecule has 0 spiro atoms. The number of aryl methyl sites for hydroxylation is 1. The van der Waals surface area contributed by atoms with E-state index in [2.05, 4.69) is 15.1 Å². The third-order valence-corrected chi connectivity index (χ3v) is 4.96. The number of hydrogen-bond donors (Lipinski definition) is 0. The summed E-state index contributed by atoms with van der Waals surface area (Å²) < 4.78 is 21.2. The van der Waals surface area contributed by atoms with Crippen LogP contribution in [0, 0.1) is 6.92 Å². The quantitative estimate of drug-likeness (QED) is 0.420. The molecular formula is C20H17N3O5S. The first-order chi connectivity index (χ1) is 14.1. The highest BCUT2D eigenvalue weighted by Crippen LogP contribution is 2.26. The number of rotatable bonds is 7. The van der Waals surface area contributed by atoms with Crippen LogP contribution in [0.15, 0.2) is 50.7 Å². The Hall–Kier alpha value is -3.46. The maximum atomic E-state index is 12.2. The van der Waals surface area contributed by atoms with E-state index in [1.165, 1.54) is 11.3 Å². The van der Waals surface area contributed by atoms with Crippen LogP contribution in [-0.4, -0.2) is 28.2 Å². The van der Waals surface area contributed by atoms with Crippen molar-refractivity contribution >= 4 is 17.3 Å². The lowest BCUT2D eigenvalue weighted by molar-refractivity contribution is -0.144. The van der Waals surface area contributed by atoms with E-state index in [9.17, 15) is 4.79 Å². The first-order valence-corrected chi connectivity index (χ1v) is 9.63. The molecule has 0 N–H and O–H groups in total. The third-order valence-electron chi connectivity index (χ3n) is 4.10. The molecule has 148 valence electrons. The monoisotopic (exact) mass is 411 g/mol. The Bertz CT molecular complexity index is 1100. The van der Waals surface area contributed by atoms with Crippen LogP contribution in [-0.2, 0) is 22.6 Å². The van der Waals surface area contributed by atoms with Gasteiger partial charge in [-0.2, -0.15) is 4.98 Å². The Kier molecular flexibility index (Phi) is 5.39. The number of ether oxygens (including phenoxy) is 2. The topological polar surface area (TPSA) is 100 Å². The molecule has 0 atom stereocenters. The molecule has 3 aromatic heterocycles. The maximum Gasteiger partial charge on any atom is 0.312 e. The number of benzene rings is 1. The fourth-order valence-corrected chi connectivity index (χ4v) is 3.24. The molecule has 0 unspecified atom stereocenters. The zero-order valence-electron chi connectivity index (χ0n) is 15.7. The summed E-state index contributed by atoms with van der Waals surface area (Å²) in [6, 6.07) is 11.0. The van der Waals surface area contributed by atoms with Gasteiger partial charge in [0.2, 0.25) is 11.7 Å². The Balaban J connectivity index is 1.35. The Morgan fingerprint density at radius 3 is 2.69 bits per heavy atom. The lowest BCUT2D eigenvalue weighted by Crippen LogP contribution is -2.09. The second kappa shape index (κ2) is 8.27. The molecule has 0 bridgehead atoms. The zero-order chi connectivity index (χ0) is 20.2. The highest BCUT2D eigenvalue weighted by Gasteiger charge is 2.17. The Morgan fingerprint density at radius 1 is 1.14 bits per heavy atom. The minimum atomic E-state index is -0.449. The van der Waals surface area contributed by atoms with Crippen molar-refractivity contribution in [1.29, 1.82) is 0 Å². The summed E-state index contributed by atoms with van der Waals surface area (Å²) in [5, 5.41) is 5.78. The fraction of sp³-hybridized carbons (Fsp3) is 0.200. The van der Waals surface area contributed by atoms with Crippen LogP contribution >= 0.6 is 11.3 Å². The van der Waals surface area contributed by atoms with Gasteiger partial charge in [0.15, 0.2) is 6.61 Å². The normalized spacial score (nSPS) is 10.8. The lowest BCUT2D eigenvalue weighted by atomic mass is 10.2. The van der Waals surface area contributed by atoms with Crippen molar-refractivity contribution < 1.29 is 23.2 Å². The van der Waals surface area contributed by atoms with Crippen LogP contribution in [0.1, 0.15) is 17.3 Å². The molecule has 0 fully saturated rings. The van der Waals surface area contributed by atoms with E-state index in [1.807, 2.05) is 17.5 Å². The van der Waals surface area contributed by atoms with E-state index in [1.54, 1.807) is 38.3 Å². The average molecular weight is 411 g/mol. The van der Waals surface area contributed by atoms with Crippen molar-refractivity contribution in [3.05, 3.63) is 59.1 Å². The van der Waals surface area contributed by atoms with Crippen molar-refractivity contribution in [2.45, 2.75) is 20.0 Å². The van der Waals surface area contributed by atoms with Crippen molar-refractivity contribution in [1.82, 2.24) is 15.1 Å². The van der Waals surface area contributed by atoms with Crippen LogP contribution in [0.4, 0.5) is 0 Å². The molecule has 0 saturated heterocycles. The molecule has 0 saturated carbocycles. The molecule has 8 nitrogen and oxygen atoms in total. The van der Waals surface area contributed by atoms with Crippen LogP contribution in [0.25, 0.3) is 22.2 Å². The zero-order valence-corrected chi connectivity index (χ0v) is 16.6.